The molecule has 1 aromatic heterocycles. The predicted octanol–water partition coefficient (Wildman–Crippen LogP) is 3.36. The molecule has 3 heterocycles. The molecule has 7 rings (SSSR count). The fraction of sp³-hybridized carbons (Fsp3) is 0.367. The van der Waals surface area contributed by atoms with Gasteiger partial charge in [0.05, 0.1) is 12.5 Å². The topological polar surface area (TPSA) is 22.1 Å². The minimum atomic E-state index is 0. The van der Waals surface area contributed by atoms with E-state index in [1.54, 1.807) is 0 Å². The monoisotopic (exact) mass is 514 g/mol. The minimum Gasteiger partial charge on any atom is -1.00 e. The van der Waals surface area contributed by atoms with E-state index < -0.39 is 0 Å². The van der Waals surface area contributed by atoms with Gasteiger partial charge in [0.15, 0.2) is 6.10 Å². The van der Waals surface area contributed by atoms with E-state index in [0.29, 0.717) is 5.92 Å². The molecule has 174 valence electrons. The lowest BCUT2D eigenvalue weighted by molar-refractivity contribution is -0.965. The van der Waals surface area contributed by atoms with Crippen LogP contribution in [-0.2, 0) is 6.54 Å². The standard InChI is InChI=1S/C30H31N2O.BrH/c1-30-23-13-14-27(30)28(33-29-12-6-7-16-31-29)20-32(30,17-15-23)19-26-24-10-4-2-8-21(24)18-22-9-3-5-11-25(22)26;/h2-12,16,18,23,27-28H,13-15,17,19-20H2,1H3;1H/q+1;/p-1/t23-,27+,28-,30+,32+;/m0./s1. The van der Waals surface area contributed by atoms with E-state index in [1.165, 1.54) is 52.9 Å². The number of aromatic nitrogens is 1. The summed E-state index contributed by atoms with van der Waals surface area (Å²) in [5.74, 6) is 2.19. The SMILES string of the molecule is C[C@@]12[C@H]3CC[C@@H]1[C@@H](Oc1ccccn1)C[N@+]2(Cc1c2ccccc2cc2ccccc12)CC3.[Br-]. The second-order valence-corrected chi connectivity index (χ2v) is 10.7. The molecule has 0 N–H and O–H groups in total. The third-order valence-corrected chi connectivity index (χ3v) is 9.56. The van der Waals surface area contributed by atoms with Crippen molar-refractivity contribution in [3.8, 4) is 5.88 Å². The highest BCUT2D eigenvalue weighted by molar-refractivity contribution is 6.02. The second-order valence-electron chi connectivity index (χ2n) is 10.7. The molecule has 2 aliphatic heterocycles. The number of pyridine rings is 1. The lowest BCUT2D eigenvalue weighted by atomic mass is 9.82. The quantitative estimate of drug-likeness (QED) is 0.307. The van der Waals surface area contributed by atoms with Gasteiger partial charge in [0.2, 0.25) is 5.88 Å². The molecular formula is C30H31BrN2O. The molecule has 1 aliphatic carbocycles. The van der Waals surface area contributed by atoms with Gasteiger partial charge in [-0.25, -0.2) is 4.98 Å². The molecule has 2 saturated heterocycles. The Morgan fingerprint density at radius 3 is 2.32 bits per heavy atom. The van der Waals surface area contributed by atoms with Gasteiger partial charge in [0.25, 0.3) is 0 Å². The number of benzene rings is 3. The molecule has 34 heavy (non-hydrogen) atoms. The first-order valence-electron chi connectivity index (χ1n) is 12.5. The number of ether oxygens (including phenoxy) is 1. The van der Waals surface area contributed by atoms with Crippen LogP contribution in [0.5, 0.6) is 5.88 Å². The molecular weight excluding hydrogens is 484 g/mol. The van der Waals surface area contributed by atoms with Crippen LogP contribution in [0.2, 0.25) is 0 Å². The van der Waals surface area contributed by atoms with Crippen molar-refractivity contribution in [2.24, 2.45) is 11.8 Å². The van der Waals surface area contributed by atoms with Gasteiger partial charge in [-0.2, -0.15) is 0 Å². The minimum absolute atomic E-state index is 0. The first-order valence-corrected chi connectivity index (χ1v) is 12.5. The Bertz CT molecular complexity index is 1300. The molecule has 0 radical (unpaired) electrons. The summed E-state index contributed by atoms with van der Waals surface area (Å²) >= 11 is 0. The zero-order chi connectivity index (χ0) is 22.0. The Kier molecular flexibility index (Phi) is 5.23. The summed E-state index contributed by atoms with van der Waals surface area (Å²) in [6.45, 7) is 6.04. The Labute approximate surface area is 212 Å². The average molecular weight is 515 g/mol. The van der Waals surface area contributed by atoms with Crippen LogP contribution in [0.3, 0.4) is 0 Å². The molecule has 1 saturated carbocycles. The summed E-state index contributed by atoms with van der Waals surface area (Å²) < 4.78 is 7.78. The summed E-state index contributed by atoms with van der Waals surface area (Å²) in [4.78, 5) is 4.50. The molecule has 3 fully saturated rings. The van der Waals surface area contributed by atoms with Crippen molar-refractivity contribution >= 4 is 21.5 Å². The number of nitrogens with zero attached hydrogens (tertiary/aromatic N) is 2. The van der Waals surface area contributed by atoms with Gasteiger partial charge >= 0.3 is 0 Å². The van der Waals surface area contributed by atoms with E-state index >= 15 is 0 Å². The van der Waals surface area contributed by atoms with E-state index in [0.717, 1.165) is 29.4 Å². The normalized spacial score (nSPS) is 31.5. The van der Waals surface area contributed by atoms with Crippen molar-refractivity contribution in [3.05, 3.63) is 84.6 Å². The van der Waals surface area contributed by atoms with Gasteiger partial charge in [-0.1, -0.05) is 54.6 Å². The molecule has 4 aromatic rings. The predicted molar refractivity (Wildman–Crippen MR) is 133 cm³/mol. The summed E-state index contributed by atoms with van der Waals surface area (Å²) in [7, 11) is 0. The van der Waals surface area contributed by atoms with Crippen LogP contribution >= 0.6 is 0 Å². The van der Waals surface area contributed by atoms with Crippen molar-refractivity contribution < 1.29 is 26.2 Å². The summed E-state index contributed by atoms with van der Waals surface area (Å²) in [5.41, 5.74) is 1.81. The average Bonchev–Trinajstić information content (AvgIpc) is 3.42. The van der Waals surface area contributed by atoms with Gasteiger partial charge in [-0.15, -0.1) is 0 Å². The molecule has 3 aliphatic rings. The third kappa shape index (κ3) is 3.01. The Hall–Kier alpha value is -2.43. The van der Waals surface area contributed by atoms with Crippen molar-refractivity contribution in [2.45, 2.75) is 44.4 Å². The molecule has 0 unspecified atom stereocenters. The number of quaternary nitrogens is 1. The van der Waals surface area contributed by atoms with Gasteiger partial charge in [0, 0.05) is 30.2 Å². The van der Waals surface area contributed by atoms with E-state index in [9.17, 15) is 0 Å². The van der Waals surface area contributed by atoms with Crippen LogP contribution in [-0.4, -0.2) is 34.2 Å². The van der Waals surface area contributed by atoms with E-state index in [-0.39, 0.29) is 28.6 Å². The number of hydrogen-bond acceptors (Lipinski definition) is 2. The molecule has 3 nitrogen and oxygen atoms in total. The van der Waals surface area contributed by atoms with E-state index in [2.05, 4.69) is 66.5 Å². The van der Waals surface area contributed by atoms with Crippen LogP contribution < -0.4 is 21.7 Å². The zero-order valence-corrected chi connectivity index (χ0v) is 21.2. The second kappa shape index (κ2) is 8.07. The Balaban J connectivity index is 0.00000217. The molecule has 3 aromatic carbocycles. The first-order chi connectivity index (χ1) is 16.2. The molecule has 0 spiro atoms. The van der Waals surface area contributed by atoms with Crippen molar-refractivity contribution in [3.63, 3.8) is 0 Å². The maximum Gasteiger partial charge on any atom is 0.213 e. The Morgan fingerprint density at radius 2 is 1.62 bits per heavy atom. The number of halogens is 1. The highest BCUT2D eigenvalue weighted by atomic mass is 79.9. The van der Waals surface area contributed by atoms with E-state index in [1.807, 2.05) is 24.4 Å². The van der Waals surface area contributed by atoms with Gasteiger partial charge in [0.1, 0.15) is 18.6 Å². The maximum absolute atomic E-state index is 6.62. The molecule has 4 heteroatoms. The molecule has 0 amide bonds. The first kappa shape index (κ1) is 22.1. The highest BCUT2D eigenvalue weighted by Crippen LogP contribution is 2.61. The van der Waals surface area contributed by atoms with Gasteiger partial charge in [-0.3, -0.25) is 0 Å². The van der Waals surface area contributed by atoms with Crippen molar-refractivity contribution in [1.29, 1.82) is 0 Å². The van der Waals surface area contributed by atoms with Crippen LogP contribution in [0.4, 0.5) is 0 Å². The smallest absolute Gasteiger partial charge is 0.213 e. The van der Waals surface area contributed by atoms with Crippen LogP contribution in [0.1, 0.15) is 31.7 Å². The molecule has 0 bridgehead atoms. The lowest BCUT2D eigenvalue weighted by Crippen LogP contribution is -3.00. The molecule has 5 atom stereocenters. The van der Waals surface area contributed by atoms with Gasteiger partial charge in [-0.05, 0) is 53.4 Å². The fourth-order valence-electron chi connectivity index (χ4n) is 8.00. The highest BCUT2D eigenvalue weighted by Gasteiger charge is 2.71. The lowest BCUT2D eigenvalue weighted by Gasteiger charge is -2.44. The van der Waals surface area contributed by atoms with Crippen LogP contribution in [0, 0.1) is 11.8 Å². The largest absolute Gasteiger partial charge is 1.00 e. The van der Waals surface area contributed by atoms with Crippen LogP contribution in [0.25, 0.3) is 21.5 Å². The zero-order valence-electron chi connectivity index (χ0n) is 19.7. The Morgan fingerprint density at radius 1 is 0.912 bits per heavy atom. The summed E-state index contributed by atoms with van der Waals surface area (Å²) in [5, 5.41) is 5.54. The maximum atomic E-state index is 6.62. The van der Waals surface area contributed by atoms with E-state index in [4.69, 9.17) is 4.74 Å². The summed E-state index contributed by atoms with van der Waals surface area (Å²) in [6.07, 6.45) is 6.08. The number of fused-ring (bicyclic) bond motifs is 2. The van der Waals surface area contributed by atoms with Crippen molar-refractivity contribution in [1.82, 2.24) is 4.98 Å². The fourth-order valence-corrected chi connectivity index (χ4v) is 8.00. The van der Waals surface area contributed by atoms with Crippen molar-refractivity contribution in [2.75, 3.05) is 13.1 Å². The number of rotatable bonds is 4. The van der Waals surface area contributed by atoms with Gasteiger partial charge < -0.3 is 26.2 Å². The summed E-state index contributed by atoms with van der Waals surface area (Å²) in [6, 6.07) is 26.3. The third-order valence-electron chi connectivity index (χ3n) is 9.56. The van der Waals surface area contributed by atoms with Crippen LogP contribution in [0.15, 0.2) is 79.0 Å². The number of hydrogen-bond donors (Lipinski definition) is 0.